The summed E-state index contributed by atoms with van der Waals surface area (Å²) in [5.74, 6) is 0.170. The molecule has 0 aliphatic carbocycles. The standard InChI is InChI=1S/C11H17N3OS/c1-2-11-14-7-9(16-11)6-12-8-3-4-10(15)13-5-8/h7-8,12H,2-6H2,1H3,(H,13,15). The molecule has 88 valence electrons. The Labute approximate surface area is 99.5 Å². The number of aryl methyl sites for hydroxylation is 1. The number of thiazole rings is 1. The molecule has 1 aliphatic heterocycles. The molecule has 16 heavy (non-hydrogen) atoms. The summed E-state index contributed by atoms with van der Waals surface area (Å²) in [5, 5.41) is 7.51. The third-order valence-corrected chi connectivity index (χ3v) is 3.88. The van der Waals surface area contributed by atoms with Crippen molar-refractivity contribution in [2.45, 2.75) is 38.8 Å². The van der Waals surface area contributed by atoms with Gasteiger partial charge < -0.3 is 10.6 Å². The van der Waals surface area contributed by atoms with E-state index in [-0.39, 0.29) is 5.91 Å². The average Bonchev–Trinajstić information content (AvgIpc) is 2.76. The van der Waals surface area contributed by atoms with Crippen molar-refractivity contribution >= 4 is 17.2 Å². The number of nitrogens with zero attached hydrogens (tertiary/aromatic N) is 1. The highest BCUT2D eigenvalue weighted by Gasteiger charge is 2.17. The van der Waals surface area contributed by atoms with E-state index in [0.717, 1.165) is 25.9 Å². The Kier molecular flexibility index (Phi) is 3.90. The zero-order valence-electron chi connectivity index (χ0n) is 9.45. The molecule has 0 spiro atoms. The molecule has 1 aromatic rings. The number of piperidine rings is 1. The van der Waals surface area contributed by atoms with Crippen molar-refractivity contribution in [2.75, 3.05) is 6.54 Å². The Balaban J connectivity index is 1.76. The van der Waals surface area contributed by atoms with Crippen LogP contribution in [-0.4, -0.2) is 23.5 Å². The van der Waals surface area contributed by atoms with E-state index in [1.165, 1.54) is 9.88 Å². The van der Waals surface area contributed by atoms with Gasteiger partial charge in [-0.15, -0.1) is 11.3 Å². The minimum atomic E-state index is 0.170. The van der Waals surface area contributed by atoms with E-state index >= 15 is 0 Å². The fourth-order valence-electron chi connectivity index (χ4n) is 1.75. The molecule has 0 bridgehead atoms. The maximum absolute atomic E-state index is 11.0. The zero-order chi connectivity index (χ0) is 11.4. The normalized spacial score (nSPS) is 20.8. The number of hydrogen-bond donors (Lipinski definition) is 2. The third-order valence-electron chi connectivity index (χ3n) is 2.73. The lowest BCUT2D eigenvalue weighted by Crippen LogP contribution is -2.45. The molecule has 0 saturated carbocycles. The topological polar surface area (TPSA) is 54.0 Å². The van der Waals surface area contributed by atoms with Gasteiger partial charge >= 0.3 is 0 Å². The predicted octanol–water partition coefficient (Wildman–Crippen LogP) is 1.07. The van der Waals surface area contributed by atoms with Gasteiger partial charge in [-0.25, -0.2) is 4.98 Å². The smallest absolute Gasteiger partial charge is 0.220 e. The van der Waals surface area contributed by atoms with E-state index in [9.17, 15) is 4.79 Å². The molecule has 2 heterocycles. The monoisotopic (exact) mass is 239 g/mol. The number of carbonyl (C=O) groups excluding carboxylic acids is 1. The number of hydrogen-bond acceptors (Lipinski definition) is 4. The molecule has 0 radical (unpaired) electrons. The molecule has 1 fully saturated rings. The van der Waals surface area contributed by atoms with Crippen LogP contribution in [0.2, 0.25) is 0 Å². The van der Waals surface area contributed by atoms with Gasteiger partial charge in [0.25, 0.3) is 0 Å². The first-order valence-corrected chi connectivity index (χ1v) is 6.53. The van der Waals surface area contributed by atoms with Crippen LogP contribution in [0.5, 0.6) is 0 Å². The van der Waals surface area contributed by atoms with Crippen LogP contribution in [0, 0.1) is 0 Å². The number of rotatable bonds is 4. The van der Waals surface area contributed by atoms with Gasteiger partial charge in [-0.05, 0) is 12.8 Å². The third kappa shape index (κ3) is 3.02. The van der Waals surface area contributed by atoms with Crippen LogP contribution < -0.4 is 10.6 Å². The summed E-state index contributed by atoms with van der Waals surface area (Å²) in [6.45, 7) is 3.73. The number of nitrogens with one attached hydrogen (secondary N) is 2. The molecule has 2 rings (SSSR count). The SMILES string of the molecule is CCc1ncc(CNC2CCC(=O)NC2)s1. The number of carbonyl (C=O) groups is 1. The van der Waals surface area contributed by atoms with Crippen molar-refractivity contribution in [2.24, 2.45) is 0 Å². The number of amides is 1. The summed E-state index contributed by atoms with van der Waals surface area (Å²) in [6.07, 6.45) is 4.52. The average molecular weight is 239 g/mol. The van der Waals surface area contributed by atoms with Crippen molar-refractivity contribution < 1.29 is 4.79 Å². The predicted molar refractivity (Wildman–Crippen MR) is 64.4 cm³/mol. The highest BCUT2D eigenvalue weighted by molar-refractivity contribution is 7.11. The quantitative estimate of drug-likeness (QED) is 0.826. The minimum Gasteiger partial charge on any atom is -0.355 e. The van der Waals surface area contributed by atoms with Crippen LogP contribution >= 0.6 is 11.3 Å². The Morgan fingerprint density at radius 2 is 2.56 bits per heavy atom. The maximum Gasteiger partial charge on any atom is 0.220 e. The molecule has 5 heteroatoms. The van der Waals surface area contributed by atoms with Gasteiger partial charge in [0.15, 0.2) is 0 Å². The Morgan fingerprint density at radius 1 is 1.69 bits per heavy atom. The Morgan fingerprint density at radius 3 is 3.19 bits per heavy atom. The summed E-state index contributed by atoms with van der Waals surface area (Å²) < 4.78 is 0. The summed E-state index contributed by atoms with van der Waals surface area (Å²) >= 11 is 1.76. The zero-order valence-corrected chi connectivity index (χ0v) is 10.3. The van der Waals surface area contributed by atoms with Crippen molar-refractivity contribution in [1.29, 1.82) is 0 Å². The molecule has 2 N–H and O–H groups in total. The highest BCUT2D eigenvalue weighted by atomic mass is 32.1. The fraction of sp³-hybridized carbons (Fsp3) is 0.636. The van der Waals surface area contributed by atoms with Crippen molar-refractivity contribution in [3.05, 3.63) is 16.1 Å². The minimum absolute atomic E-state index is 0.170. The second kappa shape index (κ2) is 5.41. The van der Waals surface area contributed by atoms with E-state index in [1.54, 1.807) is 11.3 Å². The van der Waals surface area contributed by atoms with E-state index in [4.69, 9.17) is 0 Å². The van der Waals surface area contributed by atoms with Crippen LogP contribution in [0.15, 0.2) is 6.20 Å². The molecule has 1 saturated heterocycles. The summed E-state index contributed by atoms with van der Waals surface area (Å²) in [6, 6.07) is 0.407. The van der Waals surface area contributed by atoms with E-state index < -0.39 is 0 Å². The van der Waals surface area contributed by atoms with Crippen LogP contribution in [0.1, 0.15) is 29.7 Å². The molecule has 0 aromatic carbocycles. The van der Waals surface area contributed by atoms with Crippen LogP contribution in [0.4, 0.5) is 0 Å². The van der Waals surface area contributed by atoms with E-state index in [2.05, 4.69) is 22.5 Å². The fourth-order valence-corrected chi connectivity index (χ4v) is 2.56. The second-order valence-electron chi connectivity index (χ2n) is 3.99. The van der Waals surface area contributed by atoms with Crippen LogP contribution in [0.3, 0.4) is 0 Å². The molecule has 1 amide bonds. The molecule has 1 unspecified atom stereocenters. The largest absolute Gasteiger partial charge is 0.355 e. The first-order chi connectivity index (χ1) is 7.78. The van der Waals surface area contributed by atoms with Gasteiger partial charge in [-0.1, -0.05) is 6.92 Å². The van der Waals surface area contributed by atoms with Crippen LogP contribution in [-0.2, 0) is 17.8 Å². The molecule has 1 atom stereocenters. The molecular formula is C11H17N3OS. The van der Waals surface area contributed by atoms with Gasteiger partial charge in [0.1, 0.15) is 0 Å². The van der Waals surface area contributed by atoms with Gasteiger partial charge in [0.2, 0.25) is 5.91 Å². The lowest BCUT2D eigenvalue weighted by molar-refractivity contribution is -0.122. The maximum atomic E-state index is 11.0. The lowest BCUT2D eigenvalue weighted by Gasteiger charge is -2.23. The molecule has 1 aliphatic rings. The second-order valence-corrected chi connectivity index (χ2v) is 5.19. The number of aromatic nitrogens is 1. The Bertz CT molecular complexity index is 354. The van der Waals surface area contributed by atoms with E-state index in [0.29, 0.717) is 12.5 Å². The van der Waals surface area contributed by atoms with Crippen molar-refractivity contribution in [3.63, 3.8) is 0 Å². The summed E-state index contributed by atoms with van der Waals surface area (Å²) in [7, 11) is 0. The highest BCUT2D eigenvalue weighted by Crippen LogP contribution is 2.13. The van der Waals surface area contributed by atoms with Crippen molar-refractivity contribution in [3.8, 4) is 0 Å². The summed E-state index contributed by atoms with van der Waals surface area (Å²) in [4.78, 5) is 16.6. The van der Waals surface area contributed by atoms with Gasteiger partial charge in [0.05, 0.1) is 5.01 Å². The van der Waals surface area contributed by atoms with Crippen molar-refractivity contribution in [1.82, 2.24) is 15.6 Å². The van der Waals surface area contributed by atoms with Crippen LogP contribution in [0.25, 0.3) is 0 Å². The lowest BCUT2D eigenvalue weighted by atomic mass is 10.1. The molecular weight excluding hydrogens is 222 g/mol. The molecule has 4 nitrogen and oxygen atoms in total. The van der Waals surface area contributed by atoms with Gasteiger partial charge in [0, 0.05) is 36.6 Å². The molecule has 1 aromatic heterocycles. The Hall–Kier alpha value is -0.940. The summed E-state index contributed by atoms with van der Waals surface area (Å²) in [5.41, 5.74) is 0. The van der Waals surface area contributed by atoms with E-state index in [1.807, 2.05) is 6.20 Å². The first kappa shape index (κ1) is 11.5. The van der Waals surface area contributed by atoms with Gasteiger partial charge in [-0.2, -0.15) is 0 Å². The first-order valence-electron chi connectivity index (χ1n) is 5.71. The van der Waals surface area contributed by atoms with Gasteiger partial charge in [-0.3, -0.25) is 4.79 Å².